The van der Waals surface area contributed by atoms with E-state index in [0.29, 0.717) is 25.9 Å². The number of nitrogens with zero attached hydrogens (tertiary/aromatic N) is 1. The van der Waals surface area contributed by atoms with Gasteiger partial charge < -0.3 is 15.3 Å². The van der Waals surface area contributed by atoms with Crippen LogP contribution in [0.3, 0.4) is 0 Å². The topological polar surface area (TPSA) is 86.7 Å². The van der Waals surface area contributed by atoms with Gasteiger partial charge in [0.05, 0.1) is 5.92 Å². The molecule has 0 bridgehead atoms. The van der Waals surface area contributed by atoms with Gasteiger partial charge in [0.25, 0.3) is 0 Å². The number of aryl methyl sites for hydroxylation is 1. The molecular formula is C18H22N2O4. The number of aliphatic carboxylic acids is 1. The first-order valence-electron chi connectivity index (χ1n) is 8.28. The minimum atomic E-state index is -1.12. The number of rotatable bonds is 5. The summed E-state index contributed by atoms with van der Waals surface area (Å²) in [7, 11) is 0. The molecular weight excluding hydrogens is 308 g/mol. The van der Waals surface area contributed by atoms with Crippen LogP contribution in [0, 0.1) is 12.8 Å². The average Bonchev–Trinajstić information content (AvgIpc) is 2.86. The Morgan fingerprint density at radius 2 is 1.96 bits per heavy atom. The maximum absolute atomic E-state index is 12.4. The summed E-state index contributed by atoms with van der Waals surface area (Å²) in [4.78, 5) is 37.6. The van der Waals surface area contributed by atoms with Crippen LogP contribution in [0.2, 0.25) is 0 Å². The summed E-state index contributed by atoms with van der Waals surface area (Å²) in [5.74, 6) is -1.84. The molecule has 3 rings (SSSR count). The van der Waals surface area contributed by atoms with Crippen molar-refractivity contribution in [1.82, 2.24) is 10.2 Å². The van der Waals surface area contributed by atoms with Crippen LogP contribution in [-0.2, 0) is 20.9 Å². The quantitative estimate of drug-likeness (QED) is 0.856. The molecule has 1 unspecified atom stereocenters. The molecule has 0 aromatic heterocycles. The largest absolute Gasteiger partial charge is 0.480 e. The van der Waals surface area contributed by atoms with E-state index < -0.39 is 17.4 Å². The SMILES string of the molecule is Cc1ccc(CN2CC(C(=O)NC3(C(=O)O)CCC3)CC2=O)cc1. The summed E-state index contributed by atoms with van der Waals surface area (Å²) < 4.78 is 0. The van der Waals surface area contributed by atoms with Crippen LogP contribution in [0.25, 0.3) is 0 Å². The fourth-order valence-corrected chi connectivity index (χ4v) is 3.28. The van der Waals surface area contributed by atoms with E-state index in [4.69, 9.17) is 0 Å². The fraction of sp³-hybridized carbons (Fsp3) is 0.500. The molecule has 1 aliphatic carbocycles. The normalized spacial score (nSPS) is 22.1. The predicted molar refractivity (Wildman–Crippen MR) is 87.1 cm³/mol. The van der Waals surface area contributed by atoms with Crippen molar-refractivity contribution in [1.29, 1.82) is 0 Å². The third-order valence-corrected chi connectivity index (χ3v) is 5.06. The monoisotopic (exact) mass is 330 g/mol. The Morgan fingerprint density at radius 1 is 1.29 bits per heavy atom. The highest BCUT2D eigenvalue weighted by atomic mass is 16.4. The molecule has 0 radical (unpaired) electrons. The summed E-state index contributed by atoms with van der Waals surface area (Å²) in [6, 6.07) is 7.94. The van der Waals surface area contributed by atoms with Crippen molar-refractivity contribution < 1.29 is 19.5 Å². The van der Waals surface area contributed by atoms with Crippen LogP contribution in [0.15, 0.2) is 24.3 Å². The Kier molecular flexibility index (Phi) is 4.30. The number of carbonyl (C=O) groups excluding carboxylic acids is 2. The zero-order chi connectivity index (χ0) is 17.3. The molecule has 2 amide bonds. The fourth-order valence-electron chi connectivity index (χ4n) is 3.28. The predicted octanol–water partition coefficient (Wildman–Crippen LogP) is 1.47. The molecule has 2 N–H and O–H groups in total. The number of hydrogen-bond donors (Lipinski definition) is 2. The lowest BCUT2D eigenvalue weighted by Crippen LogP contribution is -2.60. The number of carboxylic acid groups (broad SMARTS) is 1. The van der Waals surface area contributed by atoms with Gasteiger partial charge in [-0.05, 0) is 31.7 Å². The first kappa shape index (κ1) is 16.5. The van der Waals surface area contributed by atoms with Crippen molar-refractivity contribution in [2.24, 2.45) is 5.92 Å². The van der Waals surface area contributed by atoms with Crippen LogP contribution in [0.5, 0.6) is 0 Å². The molecule has 128 valence electrons. The Bertz CT molecular complexity index is 664. The van der Waals surface area contributed by atoms with E-state index in [1.807, 2.05) is 31.2 Å². The molecule has 1 aliphatic heterocycles. The number of amides is 2. The molecule has 6 nitrogen and oxygen atoms in total. The van der Waals surface area contributed by atoms with Gasteiger partial charge in [0, 0.05) is 19.5 Å². The van der Waals surface area contributed by atoms with Crippen LogP contribution < -0.4 is 5.32 Å². The van der Waals surface area contributed by atoms with Crippen LogP contribution >= 0.6 is 0 Å². The number of hydrogen-bond acceptors (Lipinski definition) is 3. The highest BCUT2D eigenvalue weighted by Gasteiger charge is 2.47. The van der Waals surface area contributed by atoms with Gasteiger partial charge in [-0.3, -0.25) is 9.59 Å². The molecule has 2 aliphatic rings. The number of carboxylic acids is 1. The summed E-state index contributed by atoms with van der Waals surface area (Å²) in [6.07, 6.45) is 1.87. The van der Waals surface area contributed by atoms with E-state index in [-0.39, 0.29) is 18.2 Å². The molecule has 6 heteroatoms. The van der Waals surface area contributed by atoms with Gasteiger partial charge in [0.1, 0.15) is 5.54 Å². The van der Waals surface area contributed by atoms with Crippen molar-refractivity contribution >= 4 is 17.8 Å². The summed E-state index contributed by atoms with van der Waals surface area (Å²) in [6.45, 7) is 2.82. The van der Waals surface area contributed by atoms with E-state index >= 15 is 0 Å². The second-order valence-corrected chi connectivity index (χ2v) is 6.89. The van der Waals surface area contributed by atoms with Gasteiger partial charge in [-0.1, -0.05) is 29.8 Å². The number of likely N-dealkylation sites (tertiary alicyclic amines) is 1. The maximum Gasteiger partial charge on any atom is 0.329 e. The van der Waals surface area contributed by atoms with E-state index in [9.17, 15) is 19.5 Å². The Balaban J connectivity index is 1.60. The minimum Gasteiger partial charge on any atom is -0.480 e. The third-order valence-electron chi connectivity index (χ3n) is 5.06. The van der Waals surface area contributed by atoms with Crippen molar-refractivity contribution in [3.63, 3.8) is 0 Å². The lowest BCUT2D eigenvalue weighted by molar-refractivity contribution is -0.152. The van der Waals surface area contributed by atoms with Crippen molar-refractivity contribution in [2.75, 3.05) is 6.54 Å². The van der Waals surface area contributed by atoms with Crippen molar-refractivity contribution in [3.8, 4) is 0 Å². The van der Waals surface area contributed by atoms with Gasteiger partial charge in [-0.15, -0.1) is 0 Å². The van der Waals surface area contributed by atoms with E-state index in [2.05, 4.69) is 5.32 Å². The zero-order valence-electron chi connectivity index (χ0n) is 13.7. The molecule has 0 spiro atoms. The Morgan fingerprint density at radius 3 is 2.50 bits per heavy atom. The lowest BCUT2D eigenvalue weighted by atomic mass is 9.76. The van der Waals surface area contributed by atoms with Crippen LogP contribution in [0.4, 0.5) is 0 Å². The molecule has 1 heterocycles. The maximum atomic E-state index is 12.4. The first-order valence-corrected chi connectivity index (χ1v) is 8.28. The lowest BCUT2D eigenvalue weighted by Gasteiger charge is -2.38. The highest BCUT2D eigenvalue weighted by molar-refractivity contribution is 5.93. The highest BCUT2D eigenvalue weighted by Crippen LogP contribution is 2.33. The molecule has 1 atom stereocenters. The van der Waals surface area contributed by atoms with E-state index in [1.54, 1.807) is 4.90 Å². The Labute approximate surface area is 140 Å². The second kappa shape index (κ2) is 6.26. The van der Waals surface area contributed by atoms with Gasteiger partial charge in [-0.2, -0.15) is 0 Å². The van der Waals surface area contributed by atoms with Crippen LogP contribution in [0.1, 0.15) is 36.8 Å². The van der Waals surface area contributed by atoms with E-state index in [0.717, 1.165) is 17.5 Å². The van der Waals surface area contributed by atoms with Gasteiger partial charge in [0.2, 0.25) is 11.8 Å². The number of benzene rings is 1. The molecule has 1 aromatic carbocycles. The Hall–Kier alpha value is -2.37. The molecule has 1 saturated carbocycles. The van der Waals surface area contributed by atoms with Crippen molar-refractivity contribution in [2.45, 2.75) is 44.7 Å². The van der Waals surface area contributed by atoms with Gasteiger partial charge in [0.15, 0.2) is 0 Å². The molecule has 1 saturated heterocycles. The van der Waals surface area contributed by atoms with Gasteiger partial charge >= 0.3 is 5.97 Å². The van der Waals surface area contributed by atoms with Crippen LogP contribution in [-0.4, -0.2) is 39.9 Å². The summed E-state index contributed by atoms with van der Waals surface area (Å²) in [5, 5.41) is 12.0. The molecule has 1 aromatic rings. The number of nitrogens with one attached hydrogen (secondary N) is 1. The summed E-state index contributed by atoms with van der Waals surface area (Å²) >= 11 is 0. The average molecular weight is 330 g/mol. The zero-order valence-corrected chi connectivity index (χ0v) is 13.7. The molecule has 2 fully saturated rings. The second-order valence-electron chi connectivity index (χ2n) is 6.89. The van der Waals surface area contributed by atoms with Gasteiger partial charge in [-0.25, -0.2) is 4.79 Å². The number of carbonyl (C=O) groups is 3. The van der Waals surface area contributed by atoms with Crippen molar-refractivity contribution in [3.05, 3.63) is 35.4 Å². The molecule has 24 heavy (non-hydrogen) atoms. The first-order chi connectivity index (χ1) is 11.4. The standard InChI is InChI=1S/C18H22N2O4/c1-12-3-5-13(6-4-12)10-20-11-14(9-15(20)21)16(22)19-18(17(23)24)7-2-8-18/h3-6,14H,2,7-11H2,1H3,(H,19,22)(H,23,24). The summed E-state index contributed by atoms with van der Waals surface area (Å²) in [5.41, 5.74) is 1.06. The minimum absolute atomic E-state index is 0.0614. The smallest absolute Gasteiger partial charge is 0.329 e. The third kappa shape index (κ3) is 3.13. The van der Waals surface area contributed by atoms with E-state index in [1.165, 1.54) is 0 Å².